The van der Waals surface area contributed by atoms with E-state index in [0.717, 1.165) is 16.6 Å². The summed E-state index contributed by atoms with van der Waals surface area (Å²) in [7, 11) is 0. The summed E-state index contributed by atoms with van der Waals surface area (Å²) in [6, 6.07) is 14.9. The molecule has 0 aliphatic carbocycles. The first kappa shape index (κ1) is 18.6. The van der Waals surface area contributed by atoms with Gasteiger partial charge in [0.05, 0.1) is 23.7 Å². The number of para-hydroxylation sites is 2. The highest BCUT2D eigenvalue weighted by molar-refractivity contribution is 5.94. The molecule has 0 atom stereocenters. The van der Waals surface area contributed by atoms with Gasteiger partial charge in [0.1, 0.15) is 12.4 Å². The largest absolute Gasteiger partial charge is 0.462 e. The van der Waals surface area contributed by atoms with Crippen LogP contribution in [0.5, 0.6) is 0 Å². The minimum absolute atomic E-state index is 0.0500. The van der Waals surface area contributed by atoms with Crippen LogP contribution in [0.25, 0.3) is 11.0 Å². The number of amides is 1. The maximum absolute atomic E-state index is 12.4. The zero-order valence-electron chi connectivity index (χ0n) is 15.7. The van der Waals surface area contributed by atoms with Crippen molar-refractivity contribution in [2.24, 2.45) is 0 Å². The van der Waals surface area contributed by atoms with Crippen LogP contribution in [0, 0.1) is 6.92 Å². The van der Waals surface area contributed by atoms with Crippen LogP contribution in [0.15, 0.2) is 48.5 Å². The van der Waals surface area contributed by atoms with E-state index in [2.05, 4.69) is 10.3 Å². The molecule has 3 aromatic rings. The number of benzene rings is 2. The predicted molar refractivity (Wildman–Crippen MR) is 103 cm³/mol. The summed E-state index contributed by atoms with van der Waals surface area (Å²) >= 11 is 0. The first-order chi connectivity index (χ1) is 12.9. The molecule has 1 amide bonds. The number of hydrogen-bond acceptors (Lipinski definition) is 4. The van der Waals surface area contributed by atoms with Crippen LogP contribution >= 0.6 is 0 Å². The molecule has 0 spiro atoms. The molecule has 0 aliphatic heterocycles. The standard InChI is InChI=1S/C21H23N3O3/c1-14(2)27-20(25)13-24-18-7-5-4-6-17(18)23-19(24)12-22-21(26)16-10-8-15(3)9-11-16/h4-11,14H,12-13H2,1-3H3,(H,22,26). The molecule has 2 aromatic carbocycles. The first-order valence-corrected chi connectivity index (χ1v) is 8.92. The second kappa shape index (κ2) is 8.03. The fourth-order valence-corrected chi connectivity index (χ4v) is 2.83. The van der Waals surface area contributed by atoms with Crippen LogP contribution in [0.2, 0.25) is 0 Å². The second-order valence-electron chi connectivity index (χ2n) is 6.69. The van der Waals surface area contributed by atoms with Gasteiger partial charge in [-0.3, -0.25) is 9.59 Å². The zero-order chi connectivity index (χ0) is 19.4. The van der Waals surface area contributed by atoms with E-state index in [4.69, 9.17) is 4.74 Å². The lowest BCUT2D eigenvalue weighted by molar-refractivity contribution is -0.148. The molecule has 0 saturated carbocycles. The molecule has 1 aromatic heterocycles. The Kier molecular flexibility index (Phi) is 5.54. The van der Waals surface area contributed by atoms with E-state index in [1.807, 2.05) is 57.2 Å². The Balaban J connectivity index is 1.80. The highest BCUT2D eigenvalue weighted by atomic mass is 16.5. The molecule has 3 rings (SSSR count). The predicted octanol–water partition coefficient (Wildman–Crippen LogP) is 3.23. The van der Waals surface area contributed by atoms with Gasteiger partial charge in [0.15, 0.2) is 0 Å². The third-order valence-corrected chi connectivity index (χ3v) is 4.11. The molecule has 0 radical (unpaired) electrons. The van der Waals surface area contributed by atoms with E-state index in [0.29, 0.717) is 11.4 Å². The van der Waals surface area contributed by atoms with Gasteiger partial charge >= 0.3 is 5.97 Å². The molecule has 0 unspecified atom stereocenters. The summed E-state index contributed by atoms with van der Waals surface area (Å²) in [4.78, 5) is 29.1. The monoisotopic (exact) mass is 365 g/mol. The normalized spacial score (nSPS) is 11.0. The number of nitrogens with one attached hydrogen (secondary N) is 1. The Hall–Kier alpha value is -3.15. The summed E-state index contributed by atoms with van der Waals surface area (Å²) in [6.07, 6.45) is -0.183. The Bertz CT molecular complexity index is 958. The molecule has 140 valence electrons. The Labute approximate surface area is 158 Å². The van der Waals surface area contributed by atoms with Crippen LogP contribution in [0.1, 0.15) is 35.6 Å². The maximum atomic E-state index is 12.4. The van der Waals surface area contributed by atoms with E-state index in [1.54, 1.807) is 16.7 Å². The lowest BCUT2D eigenvalue weighted by Gasteiger charge is -2.12. The molecular formula is C21H23N3O3. The number of aromatic nitrogens is 2. The van der Waals surface area contributed by atoms with E-state index in [9.17, 15) is 9.59 Å². The van der Waals surface area contributed by atoms with E-state index in [1.165, 1.54) is 0 Å². The van der Waals surface area contributed by atoms with Gasteiger partial charge in [-0.1, -0.05) is 29.8 Å². The van der Waals surface area contributed by atoms with Crippen molar-refractivity contribution in [2.45, 2.75) is 40.0 Å². The van der Waals surface area contributed by atoms with Gasteiger partial charge < -0.3 is 14.6 Å². The smallest absolute Gasteiger partial charge is 0.326 e. The van der Waals surface area contributed by atoms with Gasteiger partial charge in [0, 0.05) is 5.56 Å². The Morgan fingerprint density at radius 3 is 2.52 bits per heavy atom. The number of nitrogens with zero attached hydrogens (tertiary/aromatic N) is 2. The maximum Gasteiger partial charge on any atom is 0.326 e. The number of fused-ring (bicyclic) bond motifs is 1. The van der Waals surface area contributed by atoms with Gasteiger partial charge in [-0.25, -0.2) is 4.98 Å². The number of rotatable bonds is 6. The molecule has 0 saturated heterocycles. The van der Waals surface area contributed by atoms with Crippen molar-refractivity contribution >= 4 is 22.9 Å². The highest BCUT2D eigenvalue weighted by Gasteiger charge is 2.16. The van der Waals surface area contributed by atoms with E-state index >= 15 is 0 Å². The first-order valence-electron chi connectivity index (χ1n) is 8.92. The van der Waals surface area contributed by atoms with Crippen LogP contribution in [-0.4, -0.2) is 27.5 Å². The Morgan fingerprint density at radius 2 is 1.81 bits per heavy atom. The number of ether oxygens (including phenoxy) is 1. The average molecular weight is 365 g/mol. The van der Waals surface area contributed by atoms with Crippen molar-refractivity contribution in [3.63, 3.8) is 0 Å². The SMILES string of the molecule is Cc1ccc(C(=O)NCc2nc3ccccc3n2CC(=O)OC(C)C)cc1. The number of esters is 1. The number of carbonyl (C=O) groups excluding carboxylic acids is 2. The fourth-order valence-electron chi connectivity index (χ4n) is 2.83. The summed E-state index contributed by atoms with van der Waals surface area (Å²) in [6.45, 7) is 5.87. The van der Waals surface area contributed by atoms with Crippen molar-refractivity contribution in [1.29, 1.82) is 0 Å². The molecule has 1 heterocycles. The van der Waals surface area contributed by atoms with Gasteiger partial charge in [0.25, 0.3) is 5.91 Å². The van der Waals surface area contributed by atoms with Gasteiger partial charge in [-0.15, -0.1) is 0 Å². The molecular weight excluding hydrogens is 342 g/mol. The third kappa shape index (κ3) is 4.53. The van der Waals surface area contributed by atoms with Crippen molar-refractivity contribution in [1.82, 2.24) is 14.9 Å². The third-order valence-electron chi connectivity index (χ3n) is 4.11. The number of hydrogen-bond donors (Lipinski definition) is 1. The fraction of sp³-hybridized carbons (Fsp3) is 0.286. The number of aryl methyl sites for hydroxylation is 1. The lowest BCUT2D eigenvalue weighted by atomic mass is 10.1. The van der Waals surface area contributed by atoms with Gasteiger partial charge in [-0.2, -0.15) is 0 Å². The van der Waals surface area contributed by atoms with Crippen molar-refractivity contribution < 1.29 is 14.3 Å². The summed E-state index contributed by atoms with van der Waals surface area (Å²) in [5.41, 5.74) is 3.28. The van der Waals surface area contributed by atoms with Crippen LogP contribution in [-0.2, 0) is 22.6 Å². The number of imidazole rings is 1. The van der Waals surface area contributed by atoms with Crippen molar-refractivity contribution in [3.8, 4) is 0 Å². The highest BCUT2D eigenvalue weighted by Crippen LogP contribution is 2.16. The van der Waals surface area contributed by atoms with Crippen LogP contribution in [0.3, 0.4) is 0 Å². The molecule has 1 N–H and O–H groups in total. The minimum atomic E-state index is -0.334. The summed E-state index contributed by atoms with van der Waals surface area (Å²) in [5, 5.41) is 2.88. The molecule has 27 heavy (non-hydrogen) atoms. The average Bonchev–Trinajstić information content (AvgIpc) is 2.97. The minimum Gasteiger partial charge on any atom is -0.462 e. The Morgan fingerprint density at radius 1 is 1.11 bits per heavy atom. The van der Waals surface area contributed by atoms with Gasteiger partial charge in [0.2, 0.25) is 0 Å². The van der Waals surface area contributed by atoms with Crippen molar-refractivity contribution in [2.75, 3.05) is 0 Å². The number of carbonyl (C=O) groups is 2. The van der Waals surface area contributed by atoms with Gasteiger partial charge in [-0.05, 0) is 45.0 Å². The van der Waals surface area contributed by atoms with E-state index in [-0.39, 0.29) is 31.1 Å². The van der Waals surface area contributed by atoms with Crippen molar-refractivity contribution in [3.05, 3.63) is 65.5 Å². The molecule has 0 bridgehead atoms. The van der Waals surface area contributed by atoms with Crippen LogP contribution < -0.4 is 5.32 Å². The lowest BCUT2D eigenvalue weighted by Crippen LogP contribution is -2.26. The molecule has 6 nitrogen and oxygen atoms in total. The zero-order valence-corrected chi connectivity index (χ0v) is 15.7. The topological polar surface area (TPSA) is 73.2 Å². The quantitative estimate of drug-likeness (QED) is 0.681. The summed E-state index contributed by atoms with van der Waals surface area (Å²) in [5.74, 6) is 0.0926. The van der Waals surface area contributed by atoms with Crippen LogP contribution in [0.4, 0.5) is 0 Å². The summed E-state index contributed by atoms with van der Waals surface area (Å²) < 4.78 is 7.05. The molecule has 0 fully saturated rings. The van der Waals surface area contributed by atoms with E-state index < -0.39 is 0 Å². The molecule has 0 aliphatic rings. The second-order valence-corrected chi connectivity index (χ2v) is 6.69. The molecule has 6 heteroatoms.